The van der Waals surface area contributed by atoms with E-state index in [1.807, 2.05) is 0 Å². The van der Waals surface area contributed by atoms with Crippen LogP contribution < -0.4 is 5.56 Å². The molecule has 0 amide bonds. The Hall–Kier alpha value is -3.29. The molecule has 0 saturated carbocycles. The van der Waals surface area contributed by atoms with Gasteiger partial charge in [0.2, 0.25) is 0 Å². The number of Topliss-reactive ketones (excluding diaryl/α,β-unsaturated/α-hetero) is 1. The molecule has 3 rings (SSSR count). The number of aromatic nitrogens is 1. The van der Waals surface area contributed by atoms with Gasteiger partial charge < -0.3 is 9.30 Å². The highest BCUT2D eigenvalue weighted by molar-refractivity contribution is 6.03. The zero-order valence-corrected chi connectivity index (χ0v) is 15.0. The number of nitro groups is 1. The smallest absolute Gasteiger partial charge is 0.303 e. The number of hydrogen-bond acceptors (Lipinski definition) is 6. The zero-order chi connectivity index (χ0) is 19.9. The van der Waals surface area contributed by atoms with Gasteiger partial charge in [0.15, 0.2) is 5.78 Å². The van der Waals surface area contributed by atoms with E-state index in [0.717, 1.165) is 0 Å². The molecule has 0 fully saturated rings. The second kappa shape index (κ2) is 6.46. The Bertz CT molecular complexity index is 1010. The van der Waals surface area contributed by atoms with Gasteiger partial charge in [-0.15, -0.1) is 0 Å². The highest BCUT2D eigenvalue weighted by atomic mass is 16.6. The summed E-state index contributed by atoms with van der Waals surface area (Å²) >= 11 is 0. The van der Waals surface area contributed by atoms with Crippen LogP contribution in [0.15, 0.2) is 47.4 Å². The van der Waals surface area contributed by atoms with Crippen LogP contribution in [0.5, 0.6) is 0 Å². The Kier molecular flexibility index (Phi) is 4.43. The van der Waals surface area contributed by atoms with Crippen LogP contribution in [0.1, 0.15) is 42.7 Å². The number of benzene rings is 1. The lowest BCUT2D eigenvalue weighted by molar-refractivity contribution is -0.385. The number of nitro benzene ring substituents is 1. The maximum atomic E-state index is 13.0. The third-order valence-corrected chi connectivity index (χ3v) is 4.84. The van der Waals surface area contributed by atoms with Gasteiger partial charge in [0, 0.05) is 36.9 Å². The van der Waals surface area contributed by atoms with Gasteiger partial charge >= 0.3 is 5.97 Å². The van der Waals surface area contributed by atoms with Crippen molar-refractivity contribution >= 4 is 17.4 Å². The molecule has 0 radical (unpaired) electrons. The topological polar surface area (TPSA) is 109 Å². The van der Waals surface area contributed by atoms with E-state index in [4.69, 9.17) is 4.74 Å². The lowest BCUT2D eigenvalue weighted by Gasteiger charge is -2.43. The highest BCUT2D eigenvalue weighted by Crippen LogP contribution is 2.45. The number of fused-ring (bicyclic) bond motifs is 1. The molecule has 2 aromatic rings. The van der Waals surface area contributed by atoms with Crippen molar-refractivity contribution in [3.8, 4) is 0 Å². The maximum absolute atomic E-state index is 13.0. The number of hydrogen-bond donors (Lipinski definition) is 0. The van der Waals surface area contributed by atoms with E-state index < -0.39 is 28.5 Å². The highest BCUT2D eigenvalue weighted by Gasteiger charge is 2.51. The first-order valence-corrected chi connectivity index (χ1v) is 8.32. The molecule has 0 unspecified atom stereocenters. The quantitative estimate of drug-likeness (QED) is 0.466. The molecule has 1 aliphatic rings. The van der Waals surface area contributed by atoms with Gasteiger partial charge in [-0.1, -0.05) is 6.07 Å². The lowest BCUT2D eigenvalue weighted by Crippen LogP contribution is -2.51. The van der Waals surface area contributed by atoms with Crippen molar-refractivity contribution < 1.29 is 19.2 Å². The van der Waals surface area contributed by atoms with E-state index in [1.54, 1.807) is 26.0 Å². The summed E-state index contributed by atoms with van der Waals surface area (Å²) in [7, 11) is 0. The summed E-state index contributed by atoms with van der Waals surface area (Å²) in [5.74, 6) is -0.914. The van der Waals surface area contributed by atoms with E-state index in [0.29, 0.717) is 0 Å². The Morgan fingerprint density at radius 1 is 1.22 bits per heavy atom. The van der Waals surface area contributed by atoms with E-state index >= 15 is 0 Å². The fourth-order valence-electron chi connectivity index (χ4n) is 3.51. The first-order chi connectivity index (χ1) is 12.6. The molecule has 0 saturated heterocycles. The summed E-state index contributed by atoms with van der Waals surface area (Å²) in [5, 5.41) is 11.2. The van der Waals surface area contributed by atoms with E-state index in [9.17, 15) is 24.5 Å². The number of rotatable bonds is 3. The van der Waals surface area contributed by atoms with Gasteiger partial charge in [0.05, 0.1) is 10.3 Å². The van der Waals surface area contributed by atoms with Gasteiger partial charge in [0.25, 0.3) is 11.2 Å². The fraction of sp³-hybridized carbons (Fsp3) is 0.316. The Labute approximate surface area is 154 Å². The zero-order valence-electron chi connectivity index (χ0n) is 15.0. The molecule has 1 aliphatic carbocycles. The van der Waals surface area contributed by atoms with Crippen LogP contribution in [0, 0.1) is 15.5 Å². The average Bonchev–Trinajstić information content (AvgIpc) is 2.60. The van der Waals surface area contributed by atoms with Crippen molar-refractivity contribution in [2.75, 3.05) is 0 Å². The van der Waals surface area contributed by atoms with Crippen LogP contribution in [-0.4, -0.2) is 27.3 Å². The fourth-order valence-corrected chi connectivity index (χ4v) is 3.51. The molecule has 0 aliphatic heterocycles. The first kappa shape index (κ1) is 18.5. The molecule has 8 nitrogen and oxygen atoms in total. The van der Waals surface area contributed by atoms with Gasteiger partial charge in [0.1, 0.15) is 12.1 Å². The predicted molar refractivity (Wildman–Crippen MR) is 95.6 cm³/mol. The minimum atomic E-state index is -1.13. The second-order valence-corrected chi connectivity index (χ2v) is 7.00. The molecule has 1 aromatic heterocycles. The monoisotopic (exact) mass is 370 g/mol. The normalized spacial score (nSPS) is 20.6. The summed E-state index contributed by atoms with van der Waals surface area (Å²) in [5.41, 5.74) is -1.16. The van der Waals surface area contributed by atoms with Crippen molar-refractivity contribution in [1.82, 2.24) is 4.57 Å². The summed E-state index contributed by atoms with van der Waals surface area (Å²) in [4.78, 5) is 47.9. The molecular weight excluding hydrogens is 352 g/mol. The van der Waals surface area contributed by atoms with E-state index in [-0.39, 0.29) is 28.2 Å². The number of esters is 1. The number of ether oxygens (including phenoxy) is 1. The number of non-ortho nitro benzene ring substituents is 1. The average molecular weight is 370 g/mol. The largest absolute Gasteiger partial charge is 0.459 e. The SMILES string of the molecule is CC(=O)O[C@H]1[C@H](n2ccccc2=O)c2cc([N+](=O)[O-])ccc2C(=O)C1(C)C. The molecule has 0 N–H and O–H groups in total. The Morgan fingerprint density at radius 2 is 1.93 bits per heavy atom. The van der Waals surface area contributed by atoms with Crippen LogP contribution in [0.3, 0.4) is 0 Å². The summed E-state index contributed by atoms with van der Waals surface area (Å²) < 4.78 is 6.80. The molecular formula is C19H18N2O6. The molecule has 1 aromatic carbocycles. The maximum Gasteiger partial charge on any atom is 0.303 e. The molecule has 2 atom stereocenters. The minimum Gasteiger partial charge on any atom is -0.459 e. The predicted octanol–water partition coefficient (Wildman–Crippen LogP) is 2.50. The molecule has 0 bridgehead atoms. The molecule has 8 heteroatoms. The first-order valence-electron chi connectivity index (χ1n) is 8.32. The van der Waals surface area contributed by atoms with E-state index in [2.05, 4.69) is 0 Å². The van der Waals surface area contributed by atoms with Gasteiger partial charge in [-0.05, 0) is 31.5 Å². The van der Waals surface area contributed by atoms with Crippen LogP contribution >= 0.6 is 0 Å². The van der Waals surface area contributed by atoms with Gasteiger partial charge in [-0.25, -0.2) is 0 Å². The van der Waals surface area contributed by atoms with E-state index in [1.165, 1.54) is 42.0 Å². The van der Waals surface area contributed by atoms with Gasteiger partial charge in [-0.2, -0.15) is 0 Å². The van der Waals surface area contributed by atoms with Crippen molar-refractivity contribution in [3.05, 3.63) is 74.2 Å². The third-order valence-electron chi connectivity index (χ3n) is 4.84. The number of pyridine rings is 1. The van der Waals surface area contributed by atoms with Crippen LogP contribution in [0.4, 0.5) is 5.69 Å². The summed E-state index contributed by atoms with van der Waals surface area (Å²) in [6.07, 6.45) is 0.509. The molecule has 27 heavy (non-hydrogen) atoms. The minimum absolute atomic E-state index is 0.211. The molecule has 0 spiro atoms. The standard InChI is InChI=1S/C19H18N2O6/c1-11(22)27-18-16(20-9-5-4-6-15(20)23)14-10-12(21(25)26)7-8-13(14)17(24)19(18,2)3/h4-10,16,18H,1-3H3/t16-,18+/m1/s1. The third kappa shape index (κ3) is 3.03. The summed E-state index contributed by atoms with van der Waals surface area (Å²) in [6, 6.07) is 7.57. The van der Waals surface area contributed by atoms with Crippen LogP contribution in [0.2, 0.25) is 0 Å². The molecule has 140 valence electrons. The van der Waals surface area contributed by atoms with Gasteiger partial charge in [-0.3, -0.25) is 24.5 Å². The number of nitrogens with zero attached hydrogens (tertiary/aromatic N) is 2. The summed E-state index contributed by atoms with van der Waals surface area (Å²) in [6.45, 7) is 4.48. The number of carbonyl (C=O) groups excluding carboxylic acids is 2. The Balaban J connectivity index is 2.35. The van der Waals surface area contributed by atoms with Crippen LogP contribution in [-0.2, 0) is 9.53 Å². The van der Waals surface area contributed by atoms with Crippen molar-refractivity contribution in [3.63, 3.8) is 0 Å². The molecule has 1 heterocycles. The van der Waals surface area contributed by atoms with Crippen LogP contribution in [0.25, 0.3) is 0 Å². The number of ketones is 1. The van der Waals surface area contributed by atoms with Crippen molar-refractivity contribution in [2.24, 2.45) is 5.41 Å². The van der Waals surface area contributed by atoms with Crippen molar-refractivity contribution in [1.29, 1.82) is 0 Å². The second-order valence-electron chi connectivity index (χ2n) is 7.00. The Morgan fingerprint density at radius 3 is 2.52 bits per heavy atom. The number of carbonyl (C=O) groups is 2. The lowest BCUT2D eigenvalue weighted by atomic mass is 9.68. The van der Waals surface area contributed by atoms with Crippen molar-refractivity contribution in [2.45, 2.75) is 32.9 Å².